The molecule has 0 spiro atoms. The highest BCUT2D eigenvalue weighted by Crippen LogP contribution is 2.30. The van der Waals surface area contributed by atoms with Gasteiger partial charge in [-0.15, -0.1) is 17.5 Å². The van der Waals surface area contributed by atoms with Crippen LogP contribution in [0.4, 0.5) is 5.69 Å². The molecule has 0 radical (unpaired) electrons. The lowest BCUT2D eigenvalue weighted by atomic mass is 9.69. The molecule has 3 rings (SSSR count). The van der Waals surface area contributed by atoms with Gasteiger partial charge >= 0.3 is 6.98 Å². The van der Waals surface area contributed by atoms with Crippen LogP contribution in [-0.4, -0.2) is 23.6 Å². The number of para-hydroxylation sites is 1. The molecule has 1 amide bonds. The van der Waals surface area contributed by atoms with Gasteiger partial charge in [-0.2, -0.15) is 0 Å². The molecular weight excluding hydrogens is 330 g/mol. The molecule has 3 nitrogen and oxygen atoms in total. The predicted octanol–water partition coefficient (Wildman–Crippen LogP) is 4.37. The van der Waals surface area contributed by atoms with Gasteiger partial charge in [0.05, 0.1) is 5.56 Å². The Morgan fingerprint density at radius 2 is 1.88 bits per heavy atom. The van der Waals surface area contributed by atoms with Gasteiger partial charge in [0, 0.05) is 24.0 Å². The number of anilines is 1. The number of hydrogen-bond donors (Lipinski definition) is 1. The average molecular weight is 351 g/mol. The third-order valence-corrected chi connectivity index (χ3v) is 4.60. The second kappa shape index (κ2) is 8.14. The number of fused-ring (bicyclic) bond motifs is 1. The maximum Gasteiger partial charge on any atom is 0.466 e. The minimum Gasteiger partial charge on any atom is -0.397 e. The van der Waals surface area contributed by atoms with Gasteiger partial charge in [-0.25, -0.2) is 0 Å². The van der Waals surface area contributed by atoms with E-state index >= 15 is 0 Å². The summed E-state index contributed by atoms with van der Waals surface area (Å²) in [5.41, 5.74) is 2.61. The zero-order valence-corrected chi connectivity index (χ0v) is 15.0. The van der Waals surface area contributed by atoms with Crippen LogP contribution in [0.2, 0.25) is 0 Å². The second-order valence-corrected chi connectivity index (χ2v) is 6.38. The van der Waals surface area contributed by atoms with Crippen LogP contribution < -0.4 is 5.23 Å². The number of nitrogens with zero attached hydrogens (tertiary/aromatic N) is 1. The van der Waals surface area contributed by atoms with Gasteiger partial charge in [0.2, 0.25) is 5.91 Å². The lowest BCUT2D eigenvalue weighted by molar-refractivity contribution is 0.0819. The summed E-state index contributed by atoms with van der Waals surface area (Å²) in [4.78, 5) is 15.0. The zero-order valence-electron chi connectivity index (χ0n) is 14.2. The Kier molecular flexibility index (Phi) is 5.68. The first-order chi connectivity index (χ1) is 12.2. The van der Waals surface area contributed by atoms with E-state index in [4.69, 9.17) is 11.6 Å². The predicted molar refractivity (Wildman–Crippen MR) is 105 cm³/mol. The van der Waals surface area contributed by atoms with Gasteiger partial charge in [0.25, 0.3) is 0 Å². The summed E-state index contributed by atoms with van der Waals surface area (Å²) in [6.45, 7) is 1.68. The van der Waals surface area contributed by atoms with Crippen molar-refractivity contribution in [2.75, 3.05) is 11.1 Å². The first kappa shape index (κ1) is 17.4. The average Bonchev–Trinajstić information content (AvgIpc) is 2.66. The van der Waals surface area contributed by atoms with Crippen LogP contribution in [0.3, 0.4) is 0 Å². The van der Waals surface area contributed by atoms with Crippen LogP contribution in [0.15, 0.2) is 54.6 Å². The highest BCUT2D eigenvalue weighted by atomic mass is 35.5. The largest absolute Gasteiger partial charge is 0.466 e. The van der Waals surface area contributed by atoms with Gasteiger partial charge in [0.15, 0.2) is 0 Å². The quantitative estimate of drug-likeness (QED) is 0.384. The van der Waals surface area contributed by atoms with Crippen molar-refractivity contribution < 1.29 is 4.79 Å². The van der Waals surface area contributed by atoms with Crippen LogP contribution in [0.5, 0.6) is 0 Å². The van der Waals surface area contributed by atoms with Crippen molar-refractivity contribution in [3.63, 3.8) is 0 Å². The highest BCUT2D eigenvalue weighted by molar-refractivity contribution is 6.72. The van der Waals surface area contributed by atoms with Crippen molar-refractivity contribution in [1.29, 1.82) is 0 Å². The molecule has 2 aromatic rings. The summed E-state index contributed by atoms with van der Waals surface area (Å²) >= 11 is 5.72. The molecule has 126 valence electrons. The van der Waals surface area contributed by atoms with E-state index in [-0.39, 0.29) is 18.9 Å². The topological polar surface area (TPSA) is 32.3 Å². The summed E-state index contributed by atoms with van der Waals surface area (Å²) in [6, 6.07) is 17.5. The molecule has 0 aliphatic carbocycles. The molecule has 1 atom stereocenters. The molecule has 1 heterocycles. The number of nitrogens with one attached hydrogen (secondary N) is 1. The standard InChI is InChI=1S/C20H20BClN2O/c1-16(17-10-4-2-5-11-17)24-20(25)18-12-6-7-13-19(18)23-21(24)14-8-3-9-15-22/h2,4-7,10-13,16,23H,3,9,15H2,1H3/t16-/m0/s1. The molecule has 25 heavy (non-hydrogen) atoms. The maximum atomic E-state index is 13.1. The van der Waals surface area contributed by atoms with Crippen molar-refractivity contribution in [2.45, 2.75) is 25.8 Å². The van der Waals surface area contributed by atoms with E-state index in [0.717, 1.165) is 24.1 Å². The SMILES string of the molecule is C[C@@H](c1ccccc1)N1B(C#CCCCCl)Nc2ccccc2C1=O. The van der Waals surface area contributed by atoms with Gasteiger partial charge in [-0.3, -0.25) is 4.79 Å². The van der Waals surface area contributed by atoms with Crippen LogP contribution >= 0.6 is 11.6 Å². The minimum atomic E-state index is -0.354. The summed E-state index contributed by atoms with van der Waals surface area (Å²) in [6.07, 6.45) is 1.57. The van der Waals surface area contributed by atoms with E-state index in [0.29, 0.717) is 11.4 Å². The third-order valence-electron chi connectivity index (χ3n) is 4.34. The first-order valence-electron chi connectivity index (χ1n) is 8.50. The van der Waals surface area contributed by atoms with Crippen molar-refractivity contribution >= 4 is 30.2 Å². The van der Waals surface area contributed by atoms with Crippen LogP contribution in [-0.2, 0) is 0 Å². The molecular formula is C20H20BClN2O. The van der Waals surface area contributed by atoms with Crippen molar-refractivity contribution in [1.82, 2.24) is 4.81 Å². The normalized spacial score (nSPS) is 14.2. The summed E-state index contributed by atoms with van der Waals surface area (Å²) in [5, 5.41) is 3.40. The molecule has 1 aliphatic heterocycles. The number of alkyl halides is 1. The van der Waals surface area contributed by atoms with E-state index in [2.05, 4.69) is 17.0 Å². The zero-order chi connectivity index (χ0) is 17.6. The Labute approximate surface area is 154 Å². The number of halogens is 1. The molecule has 0 unspecified atom stereocenters. The van der Waals surface area contributed by atoms with Crippen molar-refractivity contribution in [3.05, 3.63) is 65.7 Å². The fourth-order valence-electron chi connectivity index (χ4n) is 2.99. The summed E-state index contributed by atoms with van der Waals surface area (Å²) < 4.78 is 0. The second-order valence-electron chi connectivity index (χ2n) is 6.01. The Balaban J connectivity index is 1.95. The van der Waals surface area contributed by atoms with E-state index < -0.39 is 0 Å². The first-order valence-corrected chi connectivity index (χ1v) is 9.03. The molecule has 1 aliphatic rings. The number of carbonyl (C=O) groups is 1. The Hall–Kier alpha value is -2.38. The highest BCUT2D eigenvalue weighted by Gasteiger charge is 2.38. The van der Waals surface area contributed by atoms with Crippen LogP contribution in [0, 0.1) is 11.7 Å². The van der Waals surface area contributed by atoms with Gasteiger partial charge in [-0.05, 0) is 31.0 Å². The molecule has 2 aromatic carbocycles. The lowest BCUT2D eigenvalue weighted by Crippen LogP contribution is -2.53. The van der Waals surface area contributed by atoms with E-state index in [1.165, 1.54) is 0 Å². The van der Waals surface area contributed by atoms with E-state index in [1.807, 2.05) is 66.3 Å². The third kappa shape index (κ3) is 3.83. The molecule has 5 heteroatoms. The molecule has 0 bridgehead atoms. The summed E-state index contributed by atoms with van der Waals surface area (Å²) in [5.74, 6) is 6.96. The van der Waals surface area contributed by atoms with Crippen molar-refractivity contribution in [3.8, 4) is 11.7 Å². The van der Waals surface area contributed by atoms with E-state index in [1.54, 1.807) is 0 Å². The lowest BCUT2D eigenvalue weighted by Gasteiger charge is -2.37. The molecule has 1 N–H and O–H groups in total. The summed E-state index contributed by atoms with van der Waals surface area (Å²) in [7, 11) is 0. The monoisotopic (exact) mass is 350 g/mol. The number of hydrogen-bond acceptors (Lipinski definition) is 2. The number of amides is 1. The molecule has 0 saturated heterocycles. The Bertz CT molecular complexity index is 800. The number of benzene rings is 2. The van der Waals surface area contributed by atoms with Gasteiger partial charge in [0.1, 0.15) is 0 Å². The fourth-order valence-corrected chi connectivity index (χ4v) is 3.12. The fraction of sp³-hybridized carbons (Fsp3) is 0.250. The number of carbonyl (C=O) groups excluding carboxylic acids is 1. The van der Waals surface area contributed by atoms with Gasteiger partial charge in [-0.1, -0.05) is 48.3 Å². The van der Waals surface area contributed by atoms with Crippen LogP contribution in [0.25, 0.3) is 0 Å². The molecule has 0 saturated carbocycles. The van der Waals surface area contributed by atoms with Gasteiger partial charge < -0.3 is 10.0 Å². The molecule has 0 aromatic heterocycles. The smallest absolute Gasteiger partial charge is 0.397 e. The maximum absolute atomic E-state index is 13.1. The Morgan fingerprint density at radius 3 is 2.64 bits per heavy atom. The minimum absolute atomic E-state index is 0.00217. The van der Waals surface area contributed by atoms with Crippen LogP contribution in [0.1, 0.15) is 41.7 Å². The Morgan fingerprint density at radius 1 is 1.16 bits per heavy atom. The van der Waals surface area contributed by atoms with E-state index in [9.17, 15) is 4.79 Å². The van der Waals surface area contributed by atoms with Crippen molar-refractivity contribution in [2.24, 2.45) is 0 Å². The molecule has 0 fully saturated rings. The number of unbranched alkanes of at least 4 members (excludes halogenated alkanes) is 1. The number of rotatable bonds is 4.